The van der Waals surface area contributed by atoms with E-state index in [-0.39, 0.29) is 5.56 Å². The van der Waals surface area contributed by atoms with E-state index in [1.807, 2.05) is 0 Å². The van der Waals surface area contributed by atoms with Crippen LogP contribution in [0.4, 0.5) is 0 Å². The van der Waals surface area contributed by atoms with E-state index in [0.717, 1.165) is 12.8 Å². The minimum Gasteiger partial charge on any atom is -0.266 e. The van der Waals surface area contributed by atoms with Gasteiger partial charge >= 0.3 is 0 Å². The van der Waals surface area contributed by atoms with Crippen LogP contribution in [0.25, 0.3) is 0 Å². The molecule has 1 aromatic heterocycles. The van der Waals surface area contributed by atoms with Gasteiger partial charge in [0, 0.05) is 0 Å². The van der Waals surface area contributed by atoms with Gasteiger partial charge in [0.05, 0.1) is 16.7 Å². The Morgan fingerprint density at radius 3 is 2.75 bits per heavy atom. The molecular formula is C7H6Br2N2O. The molecule has 2 rings (SSSR count). The summed E-state index contributed by atoms with van der Waals surface area (Å²) in [5.74, 6) is 0. The number of halogens is 2. The third-order valence-electron chi connectivity index (χ3n) is 1.79. The van der Waals surface area contributed by atoms with Crippen LogP contribution in [0.1, 0.15) is 18.9 Å². The number of hydrogen-bond donors (Lipinski definition) is 0. The van der Waals surface area contributed by atoms with Gasteiger partial charge in [0.15, 0.2) is 0 Å². The molecule has 0 radical (unpaired) electrons. The topological polar surface area (TPSA) is 34.9 Å². The summed E-state index contributed by atoms with van der Waals surface area (Å²) in [5, 5.41) is 4.03. The molecule has 1 saturated carbocycles. The number of aromatic nitrogens is 2. The van der Waals surface area contributed by atoms with E-state index >= 15 is 0 Å². The molecule has 0 amide bonds. The zero-order chi connectivity index (χ0) is 8.72. The fourth-order valence-corrected chi connectivity index (χ4v) is 1.55. The lowest BCUT2D eigenvalue weighted by molar-refractivity contribution is 0.593. The Kier molecular flexibility index (Phi) is 2.08. The largest absolute Gasteiger partial charge is 0.282 e. The Balaban J connectivity index is 2.57. The van der Waals surface area contributed by atoms with Crippen LogP contribution in [0.5, 0.6) is 0 Å². The molecule has 1 heterocycles. The first kappa shape index (κ1) is 8.44. The highest BCUT2D eigenvalue weighted by Crippen LogP contribution is 2.33. The van der Waals surface area contributed by atoms with E-state index < -0.39 is 0 Å². The van der Waals surface area contributed by atoms with Crippen molar-refractivity contribution < 1.29 is 0 Å². The summed E-state index contributed by atoms with van der Waals surface area (Å²) in [5.41, 5.74) is -0.0492. The molecule has 0 bridgehead atoms. The Labute approximate surface area is 86.0 Å². The van der Waals surface area contributed by atoms with Gasteiger partial charge in [0.25, 0.3) is 5.56 Å². The summed E-state index contributed by atoms with van der Waals surface area (Å²) in [4.78, 5) is 11.5. The summed E-state index contributed by atoms with van der Waals surface area (Å²) in [6.07, 6.45) is 3.78. The van der Waals surface area contributed by atoms with E-state index in [0.29, 0.717) is 15.0 Å². The van der Waals surface area contributed by atoms with Crippen LogP contribution in [0.2, 0.25) is 0 Å². The van der Waals surface area contributed by atoms with Crippen molar-refractivity contribution in [3.05, 3.63) is 25.5 Å². The van der Waals surface area contributed by atoms with Crippen LogP contribution in [0, 0.1) is 0 Å². The second-order valence-electron chi connectivity index (χ2n) is 2.79. The molecule has 64 valence electrons. The molecule has 0 spiro atoms. The Hall–Kier alpha value is -0.160. The second kappa shape index (κ2) is 2.96. The van der Waals surface area contributed by atoms with Gasteiger partial charge in [0.1, 0.15) is 4.47 Å². The highest BCUT2D eigenvalue weighted by Gasteiger charge is 2.26. The molecule has 5 heteroatoms. The van der Waals surface area contributed by atoms with E-state index in [2.05, 4.69) is 37.0 Å². The van der Waals surface area contributed by atoms with Crippen LogP contribution >= 0.6 is 31.9 Å². The summed E-state index contributed by atoms with van der Waals surface area (Å²) in [7, 11) is 0. The summed E-state index contributed by atoms with van der Waals surface area (Å²) in [6, 6.07) is 0.335. The molecule has 12 heavy (non-hydrogen) atoms. The van der Waals surface area contributed by atoms with Crippen molar-refractivity contribution in [3.63, 3.8) is 0 Å². The van der Waals surface area contributed by atoms with Crippen molar-refractivity contribution in [2.45, 2.75) is 18.9 Å². The van der Waals surface area contributed by atoms with Crippen molar-refractivity contribution >= 4 is 31.9 Å². The molecular weight excluding hydrogens is 288 g/mol. The maximum atomic E-state index is 11.5. The normalized spacial score (nSPS) is 16.5. The van der Waals surface area contributed by atoms with Crippen LogP contribution < -0.4 is 5.56 Å². The lowest BCUT2D eigenvalue weighted by Gasteiger charge is -2.02. The zero-order valence-electron chi connectivity index (χ0n) is 6.13. The van der Waals surface area contributed by atoms with Gasteiger partial charge in [-0.15, -0.1) is 0 Å². The molecule has 0 atom stereocenters. The van der Waals surface area contributed by atoms with Gasteiger partial charge in [-0.25, -0.2) is 4.68 Å². The number of hydrogen-bond acceptors (Lipinski definition) is 2. The summed E-state index contributed by atoms with van der Waals surface area (Å²) < 4.78 is 2.81. The number of nitrogens with zero attached hydrogens (tertiary/aromatic N) is 2. The molecule has 1 aliphatic carbocycles. The number of rotatable bonds is 1. The maximum Gasteiger partial charge on any atom is 0.282 e. The summed E-state index contributed by atoms with van der Waals surface area (Å²) in [6.45, 7) is 0. The maximum absolute atomic E-state index is 11.5. The van der Waals surface area contributed by atoms with Crippen LogP contribution in [0.15, 0.2) is 19.9 Å². The first-order valence-corrected chi connectivity index (χ1v) is 5.21. The Morgan fingerprint density at radius 1 is 1.50 bits per heavy atom. The van der Waals surface area contributed by atoms with E-state index in [9.17, 15) is 4.79 Å². The van der Waals surface area contributed by atoms with Crippen molar-refractivity contribution in [1.29, 1.82) is 0 Å². The minimum absolute atomic E-state index is 0.0492. The van der Waals surface area contributed by atoms with Crippen molar-refractivity contribution in [2.75, 3.05) is 0 Å². The van der Waals surface area contributed by atoms with Crippen molar-refractivity contribution in [1.82, 2.24) is 9.78 Å². The Bertz CT molecular complexity index is 370. The van der Waals surface area contributed by atoms with Crippen LogP contribution in [-0.4, -0.2) is 9.78 Å². The first-order chi connectivity index (χ1) is 5.70. The van der Waals surface area contributed by atoms with Gasteiger partial charge in [-0.1, -0.05) is 0 Å². The molecule has 0 aromatic carbocycles. The quantitative estimate of drug-likeness (QED) is 0.795. The molecule has 1 aromatic rings. The predicted octanol–water partition coefficient (Wildman–Crippen LogP) is 2.10. The molecule has 3 nitrogen and oxygen atoms in total. The highest BCUT2D eigenvalue weighted by molar-refractivity contribution is 9.13. The van der Waals surface area contributed by atoms with Gasteiger partial charge < -0.3 is 0 Å². The van der Waals surface area contributed by atoms with Gasteiger partial charge in [0.2, 0.25) is 0 Å². The average Bonchev–Trinajstić information content (AvgIpc) is 2.84. The van der Waals surface area contributed by atoms with Gasteiger partial charge in [-0.2, -0.15) is 5.10 Å². The van der Waals surface area contributed by atoms with Crippen molar-refractivity contribution in [3.8, 4) is 0 Å². The lowest BCUT2D eigenvalue weighted by atomic mass is 10.5. The molecule has 1 fully saturated rings. The highest BCUT2D eigenvalue weighted by atomic mass is 79.9. The molecule has 0 aliphatic heterocycles. The predicted molar refractivity (Wildman–Crippen MR) is 52.2 cm³/mol. The van der Waals surface area contributed by atoms with Crippen molar-refractivity contribution in [2.24, 2.45) is 0 Å². The standard InChI is InChI=1S/C7H6Br2N2O/c8-5-3-10-11(4-1-2-4)7(12)6(5)9/h3-4H,1-2H2. The van der Waals surface area contributed by atoms with Gasteiger partial charge in [-0.05, 0) is 44.7 Å². The molecule has 0 unspecified atom stereocenters. The molecule has 0 saturated heterocycles. The fourth-order valence-electron chi connectivity index (χ4n) is 1.00. The van der Waals surface area contributed by atoms with E-state index in [1.54, 1.807) is 6.20 Å². The average molecular weight is 294 g/mol. The Morgan fingerprint density at radius 2 is 2.17 bits per heavy atom. The first-order valence-electron chi connectivity index (χ1n) is 3.63. The fraction of sp³-hybridized carbons (Fsp3) is 0.429. The smallest absolute Gasteiger partial charge is 0.266 e. The van der Waals surface area contributed by atoms with E-state index in [1.165, 1.54) is 4.68 Å². The van der Waals surface area contributed by atoms with Crippen LogP contribution in [0.3, 0.4) is 0 Å². The van der Waals surface area contributed by atoms with Crippen LogP contribution in [-0.2, 0) is 0 Å². The third kappa shape index (κ3) is 1.35. The minimum atomic E-state index is -0.0492. The monoisotopic (exact) mass is 292 g/mol. The lowest BCUT2D eigenvalue weighted by Crippen LogP contribution is -2.22. The third-order valence-corrected chi connectivity index (χ3v) is 3.69. The molecule has 1 aliphatic rings. The summed E-state index contributed by atoms with van der Waals surface area (Å²) >= 11 is 6.43. The zero-order valence-corrected chi connectivity index (χ0v) is 9.30. The molecule has 0 N–H and O–H groups in total. The second-order valence-corrected chi connectivity index (χ2v) is 4.43. The van der Waals surface area contributed by atoms with E-state index in [4.69, 9.17) is 0 Å². The SMILES string of the molecule is O=c1c(Br)c(Br)cnn1C1CC1. The van der Waals surface area contributed by atoms with Gasteiger partial charge in [-0.3, -0.25) is 4.79 Å².